The van der Waals surface area contributed by atoms with Crippen LogP contribution in [-0.2, 0) is 10.0 Å². The van der Waals surface area contributed by atoms with Crippen LogP contribution < -0.4 is 5.73 Å². The summed E-state index contributed by atoms with van der Waals surface area (Å²) in [4.78, 5) is 14.7. The molecule has 1 unspecified atom stereocenters. The smallest absolute Gasteiger partial charge is 0.254 e. The van der Waals surface area contributed by atoms with Crippen molar-refractivity contribution >= 4 is 15.9 Å². The summed E-state index contributed by atoms with van der Waals surface area (Å²) in [6, 6.07) is 6.50. The lowest BCUT2D eigenvalue weighted by molar-refractivity contribution is 0.0741. The molecule has 1 saturated heterocycles. The van der Waals surface area contributed by atoms with Crippen molar-refractivity contribution in [3.63, 3.8) is 0 Å². The van der Waals surface area contributed by atoms with Crippen molar-refractivity contribution in [2.45, 2.75) is 61.9 Å². The Morgan fingerprint density at radius 2 is 1.77 bits per heavy atom. The van der Waals surface area contributed by atoms with E-state index in [0.717, 1.165) is 38.5 Å². The number of hydrogen-bond donors (Lipinski definition) is 1. The molecule has 0 spiro atoms. The third-order valence-electron chi connectivity index (χ3n) is 5.78. The Kier molecular flexibility index (Phi) is 5.99. The minimum atomic E-state index is -3.53. The summed E-state index contributed by atoms with van der Waals surface area (Å²) < 4.78 is 27.3. The summed E-state index contributed by atoms with van der Waals surface area (Å²) in [6.07, 6.45) is 7.07. The van der Waals surface area contributed by atoms with E-state index < -0.39 is 10.0 Å². The average molecular weight is 380 g/mol. The van der Waals surface area contributed by atoms with Crippen LogP contribution in [0.15, 0.2) is 29.2 Å². The molecule has 0 bridgehead atoms. The van der Waals surface area contributed by atoms with Crippen LogP contribution in [0.3, 0.4) is 0 Å². The average Bonchev–Trinajstić information content (AvgIpc) is 3.16. The van der Waals surface area contributed by atoms with Gasteiger partial charge in [-0.3, -0.25) is 4.79 Å². The lowest BCUT2D eigenvalue weighted by Crippen LogP contribution is -2.40. The zero-order chi connectivity index (χ0) is 18.7. The lowest BCUT2D eigenvalue weighted by atomic mass is 9.96. The van der Waals surface area contributed by atoms with Crippen LogP contribution in [0.2, 0.25) is 0 Å². The Bertz CT molecular complexity index is 727. The van der Waals surface area contributed by atoms with Gasteiger partial charge in [-0.15, -0.1) is 0 Å². The summed E-state index contributed by atoms with van der Waals surface area (Å²) in [5.41, 5.74) is 6.26. The highest BCUT2D eigenvalue weighted by Gasteiger charge is 2.30. The molecule has 2 aliphatic rings. The quantitative estimate of drug-likeness (QED) is 0.850. The SMILES string of the molecule is CN(C1CCCCC1)S(=O)(=O)c1ccc(C(=O)N2CCCC2CN)cc1. The molecule has 1 aliphatic carbocycles. The van der Waals surface area contributed by atoms with Crippen LogP contribution in [0.4, 0.5) is 0 Å². The number of carbonyl (C=O) groups excluding carboxylic acids is 1. The predicted molar refractivity (Wildman–Crippen MR) is 101 cm³/mol. The highest BCUT2D eigenvalue weighted by atomic mass is 32.2. The second-order valence-corrected chi connectivity index (χ2v) is 9.37. The normalized spacial score (nSPS) is 22.1. The minimum absolute atomic E-state index is 0.0671. The van der Waals surface area contributed by atoms with Crippen molar-refractivity contribution in [1.29, 1.82) is 0 Å². The largest absolute Gasteiger partial charge is 0.334 e. The molecule has 1 atom stereocenters. The molecule has 1 saturated carbocycles. The van der Waals surface area contributed by atoms with Gasteiger partial charge in [-0.25, -0.2) is 8.42 Å². The summed E-state index contributed by atoms with van der Waals surface area (Å²) in [5, 5.41) is 0. The van der Waals surface area contributed by atoms with Crippen molar-refractivity contribution in [2.24, 2.45) is 5.73 Å². The number of nitrogens with zero attached hydrogens (tertiary/aromatic N) is 2. The zero-order valence-electron chi connectivity index (χ0n) is 15.4. The van der Waals surface area contributed by atoms with Crippen molar-refractivity contribution in [3.8, 4) is 0 Å². The maximum atomic E-state index is 12.9. The summed E-state index contributed by atoms with van der Waals surface area (Å²) in [6.45, 7) is 1.18. The van der Waals surface area contributed by atoms with Gasteiger partial charge in [0.15, 0.2) is 0 Å². The predicted octanol–water partition coefficient (Wildman–Crippen LogP) is 2.20. The molecule has 1 aliphatic heterocycles. The number of carbonyl (C=O) groups is 1. The topological polar surface area (TPSA) is 83.7 Å². The Morgan fingerprint density at radius 3 is 2.38 bits per heavy atom. The Hall–Kier alpha value is -1.44. The Balaban J connectivity index is 1.75. The molecule has 2 N–H and O–H groups in total. The number of benzene rings is 1. The number of sulfonamides is 1. The second-order valence-electron chi connectivity index (χ2n) is 7.37. The van der Waals surface area contributed by atoms with E-state index in [2.05, 4.69) is 0 Å². The molecule has 1 heterocycles. The Morgan fingerprint density at radius 1 is 1.12 bits per heavy atom. The van der Waals surface area contributed by atoms with Gasteiger partial charge in [0.05, 0.1) is 4.90 Å². The first-order valence-corrected chi connectivity index (χ1v) is 11.0. The van der Waals surface area contributed by atoms with E-state index in [1.807, 2.05) is 0 Å². The maximum Gasteiger partial charge on any atom is 0.254 e. The van der Waals surface area contributed by atoms with Crippen LogP contribution in [0.5, 0.6) is 0 Å². The number of hydrogen-bond acceptors (Lipinski definition) is 4. The van der Waals surface area contributed by atoms with Gasteiger partial charge < -0.3 is 10.6 Å². The fraction of sp³-hybridized carbons (Fsp3) is 0.632. The van der Waals surface area contributed by atoms with Gasteiger partial charge in [-0.2, -0.15) is 4.31 Å². The van der Waals surface area contributed by atoms with Gasteiger partial charge in [0.25, 0.3) is 5.91 Å². The van der Waals surface area contributed by atoms with E-state index >= 15 is 0 Å². The molecule has 7 heteroatoms. The molecule has 1 amide bonds. The van der Waals surface area contributed by atoms with E-state index in [4.69, 9.17) is 5.73 Å². The fourth-order valence-corrected chi connectivity index (χ4v) is 5.51. The lowest BCUT2D eigenvalue weighted by Gasteiger charge is -2.30. The molecule has 0 aromatic heterocycles. The third kappa shape index (κ3) is 3.80. The standard InChI is InChI=1S/C19H29N3O3S/c1-21(16-6-3-2-4-7-16)26(24,25)18-11-9-15(10-12-18)19(23)22-13-5-8-17(22)14-20/h9-12,16-17H,2-8,13-14,20H2,1H3. The van der Waals surface area contributed by atoms with Crippen LogP contribution in [-0.4, -0.2) is 55.8 Å². The molecule has 1 aromatic rings. The molecule has 144 valence electrons. The number of likely N-dealkylation sites (tertiary alicyclic amines) is 1. The van der Waals surface area contributed by atoms with E-state index in [-0.39, 0.29) is 22.9 Å². The second kappa shape index (κ2) is 8.06. The Labute approximate surface area is 156 Å². The monoisotopic (exact) mass is 379 g/mol. The maximum absolute atomic E-state index is 12.9. The first kappa shape index (κ1) is 19.3. The van der Waals surface area contributed by atoms with Gasteiger partial charge in [-0.1, -0.05) is 19.3 Å². The van der Waals surface area contributed by atoms with E-state index in [1.165, 1.54) is 10.7 Å². The van der Waals surface area contributed by atoms with Crippen LogP contribution >= 0.6 is 0 Å². The molecule has 3 rings (SSSR count). The molecule has 0 radical (unpaired) electrons. The van der Waals surface area contributed by atoms with Crippen molar-refractivity contribution < 1.29 is 13.2 Å². The fourth-order valence-electron chi connectivity index (χ4n) is 4.09. The first-order chi connectivity index (χ1) is 12.4. The van der Waals surface area contributed by atoms with Crippen molar-refractivity contribution in [2.75, 3.05) is 20.1 Å². The zero-order valence-corrected chi connectivity index (χ0v) is 16.2. The van der Waals surface area contributed by atoms with E-state index in [9.17, 15) is 13.2 Å². The minimum Gasteiger partial charge on any atom is -0.334 e. The van der Waals surface area contributed by atoms with Crippen LogP contribution in [0.25, 0.3) is 0 Å². The molecule has 2 fully saturated rings. The number of amides is 1. The molecule has 26 heavy (non-hydrogen) atoms. The van der Waals surface area contributed by atoms with Crippen LogP contribution in [0, 0.1) is 0 Å². The summed E-state index contributed by atoms with van der Waals surface area (Å²) in [5.74, 6) is -0.0671. The van der Waals surface area contributed by atoms with Gasteiger partial charge >= 0.3 is 0 Å². The van der Waals surface area contributed by atoms with Crippen molar-refractivity contribution in [1.82, 2.24) is 9.21 Å². The third-order valence-corrected chi connectivity index (χ3v) is 7.70. The molecule has 1 aromatic carbocycles. The highest BCUT2D eigenvalue weighted by molar-refractivity contribution is 7.89. The van der Waals surface area contributed by atoms with Crippen LogP contribution in [0.1, 0.15) is 55.3 Å². The van der Waals surface area contributed by atoms with Crippen molar-refractivity contribution in [3.05, 3.63) is 29.8 Å². The summed E-state index contributed by atoms with van der Waals surface area (Å²) in [7, 11) is -1.86. The molecular weight excluding hydrogens is 350 g/mol. The van der Waals surface area contributed by atoms with E-state index in [1.54, 1.807) is 36.2 Å². The van der Waals surface area contributed by atoms with Gasteiger partial charge in [-0.05, 0) is 49.9 Å². The van der Waals surface area contributed by atoms with E-state index in [0.29, 0.717) is 18.7 Å². The summed E-state index contributed by atoms with van der Waals surface area (Å²) >= 11 is 0. The van der Waals surface area contributed by atoms with Gasteiger partial charge in [0.1, 0.15) is 0 Å². The number of nitrogens with two attached hydrogens (primary N) is 1. The first-order valence-electron chi connectivity index (χ1n) is 9.54. The molecule has 6 nitrogen and oxygen atoms in total. The van der Waals surface area contributed by atoms with Gasteiger partial charge in [0.2, 0.25) is 10.0 Å². The molecular formula is C19H29N3O3S. The highest BCUT2D eigenvalue weighted by Crippen LogP contribution is 2.27. The number of rotatable bonds is 5. The van der Waals surface area contributed by atoms with Gasteiger partial charge in [0, 0.05) is 37.8 Å².